The molecule has 46 valence electrons. The van der Waals surface area contributed by atoms with E-state index >= 15 is 0 Å². The second kappa shape index (κ2) is 1.27. The van der Waals surface area contributed by atoms with E-state index in [1.165, 1.54) is 25.7 Å². The first kappa shape index (κ1) is 4.80. The average Bonchev–Trinajstić information content (AvgIpc) is 2.38. The Morgan fingerprint density at radius 2 is 2.50 bits per heavy atom. The van der Waals surface area contributed by atoms with E-state index in [0.29, 0.717) is 5.60 Å². The van der Waals surface area contributed by atoms with E-state index in [9.17, 15) is 0 Å². The molecule has 0 spiro atoms. The zero-order valence-electron chi connectivity index (χ0n) is 5.31. The largest absolute Gasteiger partial charge is 0.378 e. The Hall–Kier alpha value is -0.0400. The smallest absolute Gasteiger partial charge is 0.0711 e. The lowest BCUT2D eigenvalue weighted by atomic mass is 10.2. The molecule has 0 aromatic heterocycles. The van der Waals surface area contributed by atoms with Crippen LogP contribution >= 0.6 is 0 Å². The Labute approximate surface area is 50.0 Å². The quantitative estimate of drug-likeness (QED) is 0.500. The molecule has 0 aromatic carbocycles. The first-order valence-electron chi connectivity index (χ1n) is 3.42. The molecule has 2 saturated carbocycles. The van der Waals surface area contributed by atoms with Gasteiger partial charge in [-0.25, -0.2) is 0 Å². The van der Waals surface area contributed by atoms with Gasteiger partial charge in [-0.05, 0) is 25.2 Å². The van der Waals surface area contributed by atoms with E-state index in [0.717, 1.165) is 5.92 Å². The van der Waals surface area contributed by atoms with Crippen LogP contribution in [0.2, 0.25) is 0 Å². The van der Waals surface area contributed by atoms with Crippen molar-refractivity contribution in [1.29, 1.82) is 0 Å². The van der Waals surface area contributed by atoms with Gasteiger partial charge in [-0.15, -0.1) is 0 Å². The second-order valence-electron chi connectivity index (χ2n) is 3.06. The van der Waals surface area contributed by atoms with Crippen molar-refractivity contribution in [3.63, 3.8) is 0 Å². The number of hydrogen-bond acceptors (Lipinski definition) is 1. The molecule has 0 saturated heterocycles. The summed E-state index contributed by atoms with van der Waals surface area (Å²) >= 11 is 0. The van der Waals surface area contributed by atoms with Gasteiger partial charge < -0.3 is 4.74 Å². The zero-order chi connectivity index (χ0) is 5.61. The van der Waals surface area contributed by atoms with Gasteiger partial charge in [-0.2, -0.15) is 0 Å². The summed E-state index contributed by atoms with van der Waals surface area (Å²) in [5.74, 6) is 0.951. The summed E-state index contributed by atoms with van der Waals surface area (Å²) in [4.78, 5) is 0. The van der Waals surface area contributed by atoms with Crippen molar-refractivity contribution in [3.8, 4) is 0 Å². The predicted molar refractivity (Wildman–Crippen MR) is 31.7 cm³/mol. The van der Waals surface area contributed by atoms with Gasteiger partial charge in [-0.3, -0.25) is 0 Å². The monoisotopic (exact) mass is 112 g/mol. The molecule has 0 unspecified atom stereocenters. The van der Waals surface area contributed by atoms with Crippen LogP contribution in [0.4, 0.5) is 0 Å². The fourth-order valence-corrected chi connectivity index (χ4v) is 2.03. The van der Waals surface area contributed by atoms with E-state index in [-0.39, 0.29) is 0 Å². The minimum Gasteiger partial charge on any atom is -0.378 e. The number of rotatable bonds is 1. The molecule has 2 aliphatic rings. The molecule has 0 N–H and O–H groups in total. The maximum atomic E-state index is 5.37. The fraction of sp³-hybridized carbons (Fsp3) is 1.00. The molecule has 0 heterocycles. The van der Waals surface area contributed by atoms with Gasteiger partial charge in [0.05, 0.1) is 5.60 Å². The molecule has 2 aliphatic carbocycles. The summed E-state index contributed by atoms with van der Waals surface area (Å²) in [7, 11) is 1.85. The van der Waals surface area contributed by atoms with Gasteiger partial charge in [-0.1, -0.05) is 6.42 Å². The summed E-state index contributed by atoms with van der Waals surface area (Å²) in [6, 6.07) is 0. The molecule has 2 fully saturated rings. The van der Waals surface area contributed by atoms with Crippen LogP contribution in [0, 0.1) is 5.92 Å². The number of ether oxygens (including phenoxy) is 1. The molecular formula is C7H12O. The molecular weight excluding hydrogens is 100 g/mol. The number of methoxy groups -OCH3 is 1. The van der Waals surface area contributed by atoms with Crippen molar-refractivity contribution >= 4 is 0 Å². The molecule has 0 radical (unpaired) electrons. The maximum absolute atomic E-state index is 5.37. The molecule has 0 bridgehead atoms. The Balaban J connectivity index is 2.08. The van der Waals surface area contributed by atoms with Crippen LogP contribution in [0.15, 0.2) is 0 Å². The standard InChI is InChI=1S/C7H12O/c1-8-7-4-2-3-6(7)5-7/h6H,2-5H2,1H3/t6-,7-/m0/s1. The third-order valence-corrected chi connectivity index (χ3v) is 2.73. The number of fused-ring (bicyclic) bond motifs is 1. The second-order valence-corrected chi connectivity index (χ2v) is 3.06. The van der Waals surface area contributed by atoms with Crippen LogP contribution in [0.25, 0.3) is 0 Å². The van der Waals surface area contributed by atoms with E-state index in [4.69, 9.17) is 4.74 Å². The van der Waals surface area contributed by atoms with Crippen molar-refractivity contribution in [3.05, 3.63) is 0 Å². The summed E-state index contributed by atoms with van der Waals surface area (Å²) in [6.07, 6.45) is 5.50. The van der Waals surface area contributed by atoms with Crippen LogP contribution in [0.5, 0.6) is 0 Å². The predicted octanol–water partition coefficient (Wildman–Crippen LogP) is 1.58. The Morgan fingerprint density at radius 3 is 2.75 bits per heavy atom. The van der Waals surface area contributed by atoms with E-state index in [1.807, 2.05) is 7.11 Å². The summed E-state index contributed by atoms with van der Waals surface area (Å²) in [5.41, 5.74) is 0.403. The lowest BCUT2D eigenvalue weighted by molar-refractivity contribution is 0.0741. The van der Waals surface area contributed by atoms with Crippen molar-refractivity contribution < 1.29 is 4.74 Å². The van der Waals surface area contributed by atoms with Crippen LogP contribution < -0.4 is 0 Å². The van der Waals surface area contributed by atoms with Gasteiger partial charge in [0.1, 0.15) is 0 Å². The van der Waals surface area contributed by atoms with E-state index < -0.39 is 0 Å². The number of hydrogen-bond donors (Lipinski definition) is 0. The van der Waals surface area contributed by atoms with Crippen molar-refractivity contribution in [2.45, 2.75) is 31.3 Å². The maximum Gasteiger partial charge on any atom is 0.0711 e. The molecule has 0 aliphatic heterocycles. The molecule has 0 amide bonds. The Kier molecular flexibility index (Phi) is 0.762. The van der Waals surface area contributed by atoms with Gasteiger partial charge in [0.25, 0.3) is 0 Å². The van der Waals surface area contributed by atoms with Crippen molar-refractivity contribution in [2.24, 2.45) is 5.92 Å². The fourth-order valence-electron chi connectivity index (χ4n) is 2.03. The topological polar surface area (TPSA) is 9.23 Å². The SMILES string of the molecule is CO[C@]12CCC[C@H]1C2. The van der Waals surface area contributed by atoms with Crippen LogP contribution in [-0.2, 0) is 4.74 Å². The Morgan fingerprint density at radius 1 is 1.62 bits per heavy atom. The Bertz CT molecular complexity index is 107. The first-order chi connectivity index (χ1) is 3.87. The average molecular weight is 112 g/mol. The van der Waals surface area contributed by atoms with Gasteiger partial charge >= 0.3 is 0 Å². The molecule has 1 nitrogen and oxygen atoms in total. The highest BCUT2D eigenvalue weighted by molar-refractivity contribution is 5.08. The normalized spacial score (nSPS) is 51.4. The third-order valence-electron chi connectivity index (χ3n) is 2.73. The lowest BCUT2D eigenvalue weighted by Gasteiger charge is -2.06. The van der Waals surface area contributed by atoms with Gasteiger partial charge in [0.2, 0.25) is 0 Å². The minimum absolute atomic E-state index is 0.403. The van der Waals surface area contributed by atoms with Gasteiger partial charge in [0, 0.05) is 7.11 Å². The van der Waals surface area contributed by atoms with E-state index in [2.05, 4.69) is 0 Å². The van der Waals surface area contributed by atoms with E-state index in [1.54, 1.807) is 0 Å². The van der Waals surface area contributed by atoms with Crippen molar-refractivity contribution in [1.82, 2.24) is 0 Å². The highest BCUT2D eigenvalue weighted by Gasteiger charge is 2.57. The highest BCUT2D eigenvalue weighted by Crippen LogP contribution is 2.57. The third kappa shape index (κ3) is 0.408. The molecule has 0 aromatic rings. The van der Waals surface area contributed by atoms with Gasteiger partial charge in [0.15, 0.2) is 0 Å². The molecule has 1 heteroatoms. The summed E-state index contributed by atoms with van der Waals surface area (Å²) in [6.45, 7) is 0. The minimum atomic E-state index is 0.403. The van der Waals surface area contributed by atoms with Crippen LogP contribution in [-0.4, -0.2) is 12.7 Å². The highest BCUT2D eigenvalue weighted by atomic mass is 16.5. The first-order valence-corrected chi connectivity index (χ1v) is 3.42. The molecule has 8 heavy (non-hydrogen) atoms. The van der Waals surface area contributed by atoms with Crippen molar-refractivity contribution in [2.75, 3.05) is 7.11 Å². The van der Waals surface area contributed by atoms with Crippen LogP contribution in [0.3, 0.4) is 0 Å². The van der Waals surface area contributed by atoms with Crippen LogP contribution in [0.1, 0.15) is 25.7 Å². The zero-order valence-corrected chi connectivity index (χ0v) is 5.31. The summed E-state index contributed by atoms with van der Waals surface area (Å²) in [5, 5.41) is 0. The molecule has 2 rings (SSSR count). The molecule has 2 atom stereocenters. The lowest BCUT2D eigenvalue weighted by Crippen LogP contribution is -2.08. The summed E-state index contributed by atoms with van der Waals surface area (Å²) < 4.78 is 5.37.